The van der Waals surface area contributed by atoms with Crippen molar-refractivity contribution >= 4 is 11.9 Å². The topological polar surface area (TPSA) is 87.7 Å². The van der Waals surface area contributed by atoms with E-state index in [9.17, 15) is 9.59 Å². The van der Waals surface area contributed by atoms with Crippen LogP contribution in [0.25, 0.3) is 0 Å². The number of ether oxygens (including phenoxy) is 1. The molecule has 0 radical (unpaired) electrons. The number of amides is 1. The fourth-order valence-corrected chi connectivity index (χ4v) is 1.81. The van der Waals surface area contributed by atoms with Crippen LogP contribution in [0.4, 0.5) is 0 Å². The van der Waals surface area contributed by atoms with Gasteiger partial charge in [-0.1, -0.05) is 0 Å². The van der Waals surface area contributed by atoms with Crippen molar-refractivity contribution in [1.29, 1.82) is 0 Å². The van der Waals surface area contributed by atoms with Crippen LogP contribution in [-0.2, 0) is 14.3 Å². The first-order valence-electron chi connectivity index (χ1n) is 5.95. The Bertz CT molecular complexity index is 252. The highest BCUT2D eigenvalue weighted by Crippen LogP contribution is 2.13. The van der Waals surface area contributed by atoms with Crippen molar-refractivity contribution in [1.82, 2.24) is 10.6 Å². The summed E-state index contributed by atoms with van der Waals surface area (Å²) in [6.07, 6.45) is 2.59. The number of aliphatic carboxylic acids is 1. The number of carbonyl (C=O) groups is 2. The van der Waals surface area contributed by atoms with Gasteiger partial charge < -0.3 is 20.5 Å². The number of rotatable bonds is 8. The maximum Gasteiger partial charge on any atom is 0.329 e. The zero-order chi connectivity index (χ0) is 12.5. The molecule has 1 unspecified atom stereocenters. The lowest BCUT2D eigenvalue weighted by Gasteiger charge is -2.08. The minimum atomic E-state index is -0.995. The van der Waals surface area contributed by atoms with Crippen molar-refractivity contribution in [2.45, 2.75) is 19.3 Å². The molecule has 0 aromatic heterocycles. The van der Waals surface area contributed by atoms with Crippen LogP contribution < -0.4 is 10.6 Å². The van der Waals surface area contributed by atoms with Gasteiger partial charge in [-0.2, -0.15) is 0 Å². The van der Waals surface area contributed by atoms with Crippen LogP contribution in [0.3, 0.4) is 0 Å². The molecule has 0 aromatic rings. The average molecular weight is 244 g/mol. The molecule has 98 valence electrons. The number of hydrogen-bond acceptors (Lipinski definition) is 4. The van der Waals surface area contributed by atoms with Crippen LogP contribution in [0, 0.1) is 5.92 Å². The molecule has 6 heteroatoms. The van der Waals surface area contributed by atoms with Gasteiger partial charge in [0.25, 0.3) is 0 Å². The second-order valence-electron chi connectivity index (χ2n) is 4.19. The van der Waals surface area contributed by atoms with E-state index in [1.807, 2.05) is 0 Å². The van der Waals surface area contributed by atoms with E-state index in [0.29, 0.717) is 18.9 Å². The lowest BCUT2D eigenvalue weighted by Crippen LogP contribution is -2.28. The Morgan fingerprint density at radius 2 is 2.29 bits per heavy atom. The number of nitrogens with one attached hydrogen (secondary N) is 2. The number of carboxylic acids is 1. The summed E-state index contributed by atoms with van der Waals surface area (Å²) in [5.41, 5.74) is 0. The summed E-state index contributed by atoms with van der Waals surface area (Å²) in [6, 6.07) is 0. The average Bonchev–Trinajstić information content (AvgIpc) is 2.78. The zero-order valence-electron chi connectivity index (χ0n) is 9.91. The van der Waals surface area contributed by atoms with Crippen molar-refractivity contribution in [2.24, 2.45) is 5.92 Å². The molecule has 1 rings (SSSR count). The summed E-state index contributed by atoms with van der Waals surface area (Å²) in [5, 5.41) is 14.3. The lowest BCUT2D eigenvalue weighted by molar-refractivity contribution is -0.142. The van der Waals surface area contributed by atoms with Gasteiger partial charge in [-0.3, -0.25) is 4.79 Å². The molecule has 1 amide bonds. The first kappa shape index (κ1) is 13.9. The molecule has 1 fully saturated rings. The van der Waals surface area contributed by atoms with Crippen molar-refractivity contribution in [3.63, 3.8) is 0 Å². The van der Waals surface area contributed by atoms with E-state index in [1.165, 1.54) is 0 Å². The van der Waals surface area contributed by atoms with Gasteiger partial charge in [-0.25, -0.2) is 4.79 Å². The monoisotopic (exact) mass is 244 g/mol. The first-order valence-corrected chi connectivity index (χ1v) is 5.95. The maximum absolute atomic E-state index is 11.4. The van der Waals surface area contributed by atoms with Crippen molar-refractivity contribution in [3.8, 4) is 0 Å². The third kappa shape index (κ3) is 6.91. The highest BCUT2D eigenvalue weighted by atomic mass is 16.5. The lowest BCUT2D eigenvalue weighted by atomic mass is 10.0. The summed E-state index contributed by atoms with van der Waals surface area (Å²) in [5.74, 6) is -0.370. The van der Waals surface area contributed by atoms with Gasteiger partial charge in [0.15, 0.2) is 0 Å². The summed E-state index contributed by atoms with van der Waals surface area (Å²) in [6.45, 7) is 2.35. The molecule has 0 spiro atoms. The SMILES string of the molecule is O=C(O)COCCNC(=O)CCC1CCNC1. The van der Waals surface area contributed by atoms with E-state index >= 15 is 0 Å². The molecule has 3 N–H and O–H groups in total. The molecule has 1 aliphatic heterocycles. The van der Waals surface area contributed by atoms with Crippen LogP contribution >= 0.6 is 0 Å². The van der Waals surface area contributed by atoms with Crippen LogP contribution in [0.15, 0.2) is 0 Å². The summed E-state index contributed by atoms with van der Waals surface area (Å²) in [4.78, 5) is 21.5. The van der Waals surface area contributed by atoms with Gasteiger partial charge in [0.1, 0.15) is 6.61 Å². The number of carbonyl (C=O) groups excluding carboxylic acids is 1. The highest BCUT2D eigenvalue weighted by molar-refractivity contribution is 5.75. The first-order chi connectivity index (χ1) is 8.18. The number of hydrogen-bond donors (Lipinski definition) is 3. The Labute approximate surface area is 101 Å². The molecule has 0 saturated carbocycles. The molecular formula is C11H20N2O4. The molecule has 6 nitrogen and oxygen atoms in total. The van der Waals surface area contributed by atoms with Gasteiger partial charge in [0.05, 0.1) is 6.61 Å². The van der Waals surface area contributed by atoms with Gasteiger partial charge in [-0.15, -0.1) is 0 Å². The fraction of sp³-hybridized carbons (Fsp3) is 0.818. The van der Waals surface area contributed by atoms with Crippen molar-refractivity contribution in [3.05, 3.63) is 0 Å². The van der Waals surface area contributed by atoms with Crippen LogP contribution in [0.5, 0.6) is 0 Å². The van der Waals surface area contributed by atoms with E-state index < -0.39 is 5.97 Å². The minimum Gasteiger partial charge on any atom is -0.480 e. The molecule has 0 aromatic carbocycles. The van der Waals surface area contributed by atoms with Gasteiger partial charge in [0.2, 0.25) is 5.91 Å². The van der Waals surface area contributed by atoms with E-state index in [0.717, 1.165) is 25.9 Å². The quantitative estimate of drug-likeness (QED) is 0.505. The summed E-state index contributed by atoms with van der Waals surface area (Å²) in [7, 11) is 0. The van der Waals surface area contributed by atoms with E-state index in [4.69, 9.17) is 9.84 Å². The third-order valence-electron chi connectivity index (χ3n) is 2.74. The summed E-state index contributed by atoms with van der Waals surface area (Å²) < 4.78 is 4.80. The predicted molar refractivity (Wildman–Crippen MR) is 61.7 cm³/mol. The van der Waals surface area contributed by atoms with Crippen molar-refractivity contribution < 1.29 is 19.4 Å². The Kier molecular flexibility index (Phi) is 6.57. The van der Waals surface area contributed by atoms with Gasteiger partial charge >= 0.3 is 5.97 Å². The standard InChI is InChI=1S/C11H20N2O4/c14-10(2-1-9-3-4-12-7-9)13-5-6-17-8-11(15)16/h9,12H,1-8H2,(H,13,14)(H,15,16). The zero-order valence-corrected chi connectivity index (χ0v) is 9.91. The minimum absolute atomic E-state index is 0.0100. The second kappa shape index (κ2) is 8.03. The molecule has 0 bridgehead atoms. The molecule has 0 aliphatic carbocycles. The van der Waals surface area contributed by atoms with Crippen LogP contribution in [-0.4, -0.2) is 49.8 Å². The Morgan fingerprint density at radius 1 is 1.47 bits per heavy atom. The number of carboxylic acid groups (broad SMARTS) is 1. The fourth-order valence-electron chi connectivity index (χ4n) is 1.81. The molecular weight excluding hydrogens is 224 g/mol. The predicted octanol–water partition coefficient (Wildman–Crippen LogP) is -0.406. The molecule has 17 heavy (non-hydrogen) atoms. The van der Waals surface area contributed by atoms with Gasteiger partial charge in [0, 0.05) is 13.0 Å². The Balaban J connectivity index is 1.92. The Hall–Kier alpha value is -1.14. The summed E-state index contributed by atoms with van der Waals surface area (Å²) >= 11 is 0. The smallest absolute Gasteiger partial charge is 0.329 e. The molecule has 1 saturated heterocycles. The van der Waals surface area contributed by atoms with Crippen molar-refractivity contribution in [2.75, 3.05) is 32.8 Å². The van der Waals surface area contributed by atoms with E-state index in [1.54, 1.807) is 0 Å². The molecule has 1 aliphatic rings. The van der Waals surface area contributed by atoms with Gasteiger partial charge in [-0.05, 0) is 31.8 Å². The maximum atomic E-state index is 11.4. The molecule has 1 heterocycles. The largest absolute Gasteiger partial charge is 0.480 e. The third-order valence-corrected chi connectivity index (χ3v) is 2.74. The Morgan fingerprint density at radius 3 is 2.94 bits per heavy atom. The van der Waals surface area contributed by atoms with Crippen LogP contribution in [0.2, 0.25) is 0 Å². The second-order valence-corrected chi connectivity index (χ2v) is 4.19. The van der Waals surface area contributed by atoms with Crippen LogP contribution in [0.1, 0.15) is 19.3 Å². The molecule has 1 atom stereocenters. The normalized spacial score (nSPS) is 19.2. The van der Waals surface area contributed by atoms with E-state index in [2.05, 4.69) is 10.6 Å². The highest BCUT2D eigenvalue weighted by Gasteiger charge is 2.15. The van der Waals surface area contributed by atoms with E-state index in [-0.39, 0.29) is 19.1 Å².